The van der Waals surface area contributed by atoms with Gasteiger partial charge in [0, 0.05) is 0 Å². The van der Waals surface area contributed by atoms with Gasteiger partial charge in [0.15, 0.2) is 5.69 Å². The molecule has 0 atom stereocenters. The first-order valence-electron chi connectivity index (χ1n) is 4.94. The molecule has 0 radical (unpaired) electrons. The highest BCUT2D eigenvalue weighted by atomic mass is 35.5. The van der Waals surface area contributed by atoms with Crippen LogP contribution in [0, 0.1) is 0 Å². The number of aromatic amines is 1. The Labute approximate surface area is 110 Å². The van der Waals surface area contributed by atoms with Gasteiger partial charge in [0.1, 0.15) is 5.52 Å². The molecule has 3 rings (SSSR count). The largest absolute Gasteiger partial charge is 0.317 e. The second kappa shape index (κ2) is 4.35. The van der Waals surface area contributed by atoms with Crippen LogP contribution in [0.5, 0.6) is 0 Å². The van der Waals surface area contributed by atoms with Crippen molar-refractivity contribution in [1.29, 1.82) is 0 Å². The van der Waals surface area contributed by atoms with E-state index in [2.05, 4.69) is 25.7 Å². The highest BCUT2D eigenvalue weighted by Gasteiger charge is 2.14. The average Bonchev–Trinajstić information content (AvgIpc) is 3.02. The number of benzene rings is 1. The lowest BCUT2D eigenvalue weighted by molar-refractivity contribution is 0.102. The van der Waals surface area contributed by atoms with E-state index in [-0.39, 0.29) is 11.6 Å². The molecule has 0 unspecified atom stereocenters. The third-order valence-corrected chi connectivity index (χ3v) is 3.45. The van der Waals surface area contributed by atoms with Crippen LogP contribution in [0.15, 0.2) is 23.8 Å². The number of hydrogen-bond donors (Lipinski definition) is 2. The second-order valence-corrected chi connectivity index (χ2v) is 4.72. The average molecular weight is 280 g/mol. The number of hydrogen-bond acceptors (Lipinski definition) is 5. The molecule has 0 spiro atoms. The fourth-order valence-corrected chi connectivity index (χ4v) is 2.40. The number of halogens is 1. The molecule has 1 aromatic carbocycles. The van der Waals surface area contributed by atoms with E-state index in [4.69, 9.17) is 11.6 Å². The smallest absolute Gasteiger partial charge is 0.277 e. The summed E-state index contributed by atoms with van der Waals surface area (Å²) in [5, 5.41) is 12.8. The highest BCUT2D eigenvalue weighted by molar-refractivity contribution is 7.16. The van der Waals surface area contributed by atoms with Crippen molar-refractivity contribution in [2.45, 2.75) is 0 Å². The lowest BCUT2D eigenvalue weighted by Gasteiger charge is -2.06. The normalized spacial score (nSPS) is 10.7. The molecule has 2 aromatic heterocycles. The number of thiazole rings is 1. The van der Waals surface area contributed by atoms with Gasteiger partial charge in [0.25, 0.3) is 5.91 Å². The Morgan fingerprint density at radius 1 is 1.44 bits per heavy atom. The number of rotatable bonds is 2. The first-order chi connectivity index (χ1) is 8.75. The maximum Gasteiger partial charge on any atom is 0.277 e. The third kappa shape index (κ3) is 1.83. The first kappa shape index (κ1) is 11.1. The molecule has 2 heterocycles. The zero-order valence-corrected chi connectivity index (χ0v) is 10.4. The Balaban J connectivity index is 2.02. The number of fused-ring (bicyclic) bond motifs is 1. The maximum atomic E-state index is 11.9. The van der Waals surface area contributed by atoms with Crippen molar-refractivity contribution in [3.05, 3.63) is 34.6 Å². The Kier molecular flexibility index (Phi) is 2.69. The zero-order chi connectivity index (χ0) is 12.5. The second-order valence-electron chi connectivity index (χ2n) is 3.43. The number of carbonyl (C=O) groups is 1. The lowest BCUT2D eigenvalue weighted by Crippen LogP contribution is -2.13. The standard InChI is InChI=1S/C10H6ClN5OS/c11-5-1-2-7-9(12-4-18-7)8(5)14-10(17)6-3-13-16-15-6/h1-4H,(H,14,17)(H,13,15,16). The van der Waals surface area contributed by atoms with Gasteiger partial charge in [-0.25, -0.2) is 4.98 Å². The fraction of sp³-hybridized carbons (Fsp3) is 0. The third-order valence-electron chi connectivity index (χ3n) is 2.34. The Morgan fingerprint density at radius 3 is 3.11 bits per heavy atom. The number of H-pyrrole nitrogens is 1. The number of nitrogens with zero attached hydrogens (tertiary/aromatic N) is 3. The quantitative estimate of drug-likeness (QED) is 0.754. The number of carbonyl (C=O) groups excluding carboxylic acids is 1. The molecule has 90 valence electrons. The summed E-state index contributed by atoms with van der Waals surface area (Å²) in [7, 11) is 0. The molecule has 0 fully saturated rings. The maximum absolute atomic E-state index is 11.9. The summed E-state index contributed by atoms with van der Waals surface area (Å²) >= 11 is 7.55. The summed E-state index contributed by atoms with van der Waals surface area (Å²) in [6.45, 7) is 0. The molecule has 6 nitrogen and oxygen atoms in total. The van der Waals surface area contributed by atoms with Crippen LogP contribution in [-0.4, -0.2) is 26.3 Å². The van der Waals surface area contributed by atoms with Crippen molar-refractivity contribution in [3.8, 4) is 0 Å². The van der Waals surface area contributed by atoms with E-state index in [0.29, 0.717) is 16.2 Å². The molecule has 2 N–H and O–H groups in total. The van der Waals surface area contributed by atoms with Gasteiger partial charge in [-0.05, 0) is 12.1 Å². The fourth-order valence-electron chi connectivity index (χ4n) is 1.51. The molecule has 0 saturated heterocycles. The van der Waals surface area contributed by atoms with E-state index in [1.54, 1.807) is 11.6 Å². The summed E-state index contributed by atoms with van der Waals surface area (Å²) in [6, 6.07) is 3.58. The monoisotopic (exact) mass is 279 g/mol. The van der Waals surface area contributed by atoms with Gasteiger partial charge in [0.05, 0.1) is 27.1 Å². The summed E-state index contributed by atoms with van der Waals surface area (Å²) < 4.78 is 0.954. The molecule has 0 saturated carbocycles. The summed E-state index contributed by atoms with van der Waals surface area (Å²) in [5.41, 5.74) is 3.05. The van der Waals surface area contributed by atoms with Gasteiger partial charge in [-0.15, -0.1) is 11.3 Å². The molecular weight excluding hydrogens is 274 g/mol. The lowest BCUT2D eigenvalue weighted by atomic mass is 10.2. The summed E-state index contributed by atoms with van der Waals surface area (Å²) in [6.07, 6.45) is 1.34. The number of nitrogens with one attached hydrogen (secondary N) is 2. The van der Waals surface area contributed by atoms with Crippen LogP contribution in [0.4, 0.5) is 5.69 Å². The molecule has 1 amide bonds. The molecule has 0 aliphatic carbocycles. The van der Waals surface area contributed by atoms with Crippen molar-refractivity contribution in [2.24, 2.45) is 0 Å². The molecule has 0 aliphatic heterocycles. The van der Waals surface area contributed by atoms with E-state index in [9.17, 15) is 4.79 Å². The molecule has 0 bridgehead atoms. The number of anilines is 1. The number of amides is 1. The van der Waals surface area contributed by atoms with E-state index < -0.39 is 0 Å². The summed E-state index contributed by atoms with van der Waals surface area (Å²) in [5.74, 6) is -0.383. The van der Waals surface area contributed by atoms with Crippen molar-refractivity contribution in [3.63, 3.8) is 0 Å². The predicted molar refractivity (Wildman–Crippen MR) is 69.0 cm³/mol. The van der Waals surface area contributed by atoms with E-state index in [0.717, 1.165) is 4.70 Å². The minimum atomic E-state index is -0.383. The van der Waals surface area contributed by atoms with Crippen LogP contribution in [0.3, 0.4) is 0 Å². The molecule has 3 aromatic rings. The van der Waals surface area contributed by atoms with Crippen molar-refractivity contribution < 1.29 is 4.79 Å². The van der Waals surface area contributed by atoms with Crippen molar-refractivity contribution in [2.75, 3.05) is 5.32 Å². The Morgan fingerprint density at radius 2 is 2.33 bits per heavy atom. The van der Waals surface area contributed by atoms with Crippen LogP contribution in [0.25, 0.3) is 10.2 Å². The minimum absolute atomic E-state index is 0.193. The van der Waals surface area contributed by atoms with Gasteiger partial charge in [-0.1, -0.05) is 11.6 Å². The van der Waals surface area contributed by atoms with Gasteiger partial charge in [-0.2, -0.15) is 15.4 Å². The van der Waals surface area contributed by atoms with Crippen molar-refractivity contribution in [1.82, 2.24) is 20.4 Å². The van der Waals surface area contributed by atoms with Crippen LogP contribution in [-0.2, 0) is 0 Å². The van der Waals surface area contributed by atoms with E-state index >= 15 is 0 Å². The minimum Gasteiger partial charge on any atom is -0.317 e. The van der Waals surface area contributed by atoms with Crippen LogP contribution >= 0.6 is 22.9 Å². The van der Waals surface area contributed by atoms with Gasteiger partial charge >= 0.3 is 0 Å². The highest BCUT2D eigenvalue weighted by Crippen LogP contribution is 2.32. The van der Waals surface area contributed by atoms with Crippen LogP contribution in [0.2, 0.25) is 5.02 Å². The van der Waals surface area contributed by atoms with Crippen molar-refractivity contribution >= 4 is 44.7 Å². The topological polar surface area (TPSA) is 83.6 Å². The Bertz CT molecular complexity index is 708. The first-order valence-corrected chi connectivity index (χ1v) is 6.20. The van der Waals surface area contributed by atoms with Gasteiger partial charge in [0.2, 0.25) is 0 Å². The number of aromatic nitrogens is 4. The Hall–Kier alpha value is -1.99. The predicted octanol–water partition coefficient (Wildman–Crippen LogP) is 2.32. The van der Waals surface area contributed by atoms with E-state index in [1.165, 1.54) is 17.5 Å². The SMILES string of the molecule is O=C(Nc1c(Cl)ccc2scnc12)c1cn[nH]n1. The molecule has 8 heteroatoms. The zero-order valence-electron chi connectivity index (χ0n) is 8.85. The molecule has 0 aliphatic rings. The van der Waals surface area contributed by atoms with Gasteiger partial charge in [-0.3, -0.25) is 4.79 Å². The van der Waals surface area contributed by atoms with Crippen LogP contribution in [0.1, 0.15) is 10.5 Å². The summed E-state index contributed by atoms with van der Waals surface area (Å²) in [4.78, 5) is 16.1. The molecule has 18 heavy (non-hydrogen) atoms. The van der Waals surface area contributed by atoms with Gasteiger partial charge < -0.3 is 5.32 Å². The van der Waals surface area contributed by atoms with Crippen LogP contribution < -0.4 is 5.32 Å². The van der Waals surface area contributed by atoms with E-state index in [1.807, 2.05) is 6.07 Å². The molecular formula is C10H6ClN5OS.